The molecule has 0 spiro atoms. The van der Waals surface area contributed by atoms with E-state index in [1.165, 1.54) is 0 Å². The normalized spacial score (nSPS) is 19.9. The monoisotopic (exact) mass is 234 g/mol. The molecule has 4 nitrogen and oxygen atoms in total. The van der Waals surface area contributed by atoms with Crippen LogP contribution in [0.1, 0.15) is 44.2 Å². The Morgan fingerprint density at radius 1 is 1.41 bits per heavy atom. The maximum absolute atomic E-state index is 12.0. The van der Waals surface area contributed by atoms with Crippen LogP contribution < -0.4 is 5.32 Å². The molecule has 1 unspecified atom stereocenters. The molecule has 0 aromatic carbocycles. The molecule has 2 N–H and O–H groups in total. The van der Waals surface area contributed by atoms with Gasteiger partial charge >= 0.3 is 0 Å². The Hall–Kier alpha value is -1.42. The first-order valence-electron chi connectivity index (χ1n) is 6.05. The van der Waals surface area contributed by atoms with Gasteiger partial charge in [0.05, 0.1) is 6.04 Å². The summed E-state index contributed by atoms with van der Waals surface area (Å²) in [4.78, 5) is 15.9. The number of nitrogens with zero attached hydrogens (tertiary/aromatic N) is 1. The fraction of sp³-hybridized carbons (Fsp3) is 0.538. The lowest BCUT2D eigenvalue weighted by molar-refractivity contribution is -0.139. The van der Waals surface area contributed by atoms with Crippen LogP contribution in [0.4, 0.5) is 0 Å². The van der Waals surface area contributed by atoms with E-state index >= 15 is 0 Å². The van der Waals surface area contributed by atoms with Gasteiger partial charge in [0, 0.05) is 12.4 Å². The molecule has 1 atom stereocenters. The standard InChI is InChI=1S/C13H18N2O2/c1-10(11-4-8-14-9-5-11)15-12(16)13(17)6-2-3-7-13/h4-5,8-10,17H,2-3,6-7H2,1H3,(H,15,16). The summed E-state index contributed by atoms with van der Waals surface area (Å²) < 4.78 is 0. The van der Waals surface area contributed by atoms with E-state index in [0.29, 0.717) is 12.8 Å². The lowest BCUT2D eigenvalue weighted by Gasteiger charge is -2.24. The molecular weight excluding hydrogens is 216 g/mol. The van der Waals surface area contributed by atoms with Gasteiger partial charge in [-0.05, 0) is 50.3 Å². The van der Waals surface area contributed by atoms with E-state index in [2.05, 4.69) is 10.3 Å². The van der Waals surface area contributed by atoms with Crippen LogP contribution in [-0.2, 0) is 4.79 Å². The number of aliphatic hydroxyl groups is 1. The average Bonchev–Trinajstić information content (AvgIpc) is 2.78. The molecule has 92 valence electrons. The van der Waals surface area contributed by atoms with Crippen molar-refractivity contribution in [3.05, 3.63) is 30.1 Å². The van der Waals surface area contributed by atoms with Crippen molar-refractivity contribution in [2.75, 3.05) is 0 Å². The van der Waals surface area contributed by atoms with E-state index in [4.69, 9.17) is 0 Å². The number of hydrogen-bond donors (Lipinski definition) is 2. The summed E-state index contributed by atoms with van der Waals surface area (Å²) in [5, 5.41) is 13.0. The van der Waals surface area contributed by atoms with Gasteiger partial charge in [-0.2, -0.15) is 0 Å². The average molecular weight is 234 g/mol. The van der Waals surface area contributed by atoms with Crippen molar-refractivity contribution in [1.29, 1.82) is 0 Å². The Balaban J connectivity index is 1.99. The minimum Gasteiger partial charge on any atom is -0.380 e. The van der Waals surface area contributed by atoms with Gasteiger partial charge in [-0.1, -0.05) is 0 Å². The number of hydrogen-bond acceptors (Lipinski definition) is 3. The van der Waals surface area contributed by atoms with E-state index in [-0.39, 0.29) is 11.9 Å². The quantitative estimate of drug-likeness (QED) is 0.834. The molecule has 1 heterocycles. The number of carbonyl (C=O) groups is 1. The first kappa shape index (κ1) is 12.0. The van der Waals surface area contributed by atoms with Crippen molar-refractivity contribution in [2.45, 2.75) is 44.2 Å². The van der Waals surface area contributed by atoms with Crippen molar-refractivity contribution in [2.24, 2.45) is 0 Å². The van der Waals surface area contributed by atoms with Gasteiger partial charge in [-0.3, -0.25) is 9.78 Å². The van der Waals surface area contributed by atoms with Crippen molar-refractivity contribution < 1.29 is 9.90 Å². The van der Waals surface area contributed by atoms with Gasteiger partial charge in [0.2, 0.25) is 0 Å². The predicted molar refractivity (Wildman–Crippen MR) is 64.2 cm³/mol. The van der Waals surface area contributed by atoms with E-state index in [0.717, 1.165) is 18.4 Å². The van der Waals surface area contributed by atoms with Crippen molar-refractivity contribution in [3.8, 4) is 0 Å². The highest BCUT2D eigenvalue weighted by molar-refractivity contribution is 5.85. The fourth-order valence-corrected chi connectivity index (χ4v) is 2.25. The third-order valence-corrected chi connectivity index (χ3v) is 3.41. The molecule has 1 aromatic heterocycles. The zero-order valence-electron chi connectivity index (χ0n) is 10.0. The number of carbonyl (C=O) groups excluding carboxylic acids is 1. The molecule has 1 aliphatic carbocycles. The largest absolute Gasteiger partial charge is 0.380 e. The summed E-state index contributed by atoms with van der Waals surface area (Å²) in [5.41, 5.74) is -0.156. The van der Waals surface area contributed by atoms with E-state index in [9.17, 15) is 9.90 Å². The van der Waals surface area contributed by atoms with Crippen LogP contribution in [0.2, 0.25) is 0 Å². The molecule has 1 amide bonds. The first-order valence-corrected chi connectivity index (χ1v) is 6.05. The van der Waals surface area contributed by atoms with Crippen molar-refractivity contribution >= 4 is 5.91 Å². The van der Waals surface area contributed by atoms with E-state index in [1.54, 1.807) is 12.4 Å². The maximum atomic E-state index is 12.0. The topological polar surface area (TPSA) is 62.2 Å². The summed E-state index contributed by atoms with van der Waals surface area (Å²) in [6.07, 6.45) is 6.38. The highest BCUT2D eigenvalue weighted by atomic mass is 16.3. The summed E-state index contributed by atoms with van der Waals surface area (Å²) in [7, 11) is 0. The van der Waals surface area contributed by atoms with Crippen LogP contribution in [0.5, 0.6) is 0 Å². The fourth-order valence-electron chi connectivity index (χ4n) is 2.25. The molecule has 1 aromatic rings. The van der Waals surface area contributed by atoms with Crippen LogP contribution in [0.3, 0.4) is 0 Å². The minimum atomic E-state index is -1.15. The Morgan fingerprint density at radius 2 is 2.00 bits per heavy atom. The highest BCUT2D eigenvalue weighted by Crippen LogP contribution is 2.30. The molecule has 0 radical (unpaired) electrons. The van der Waals surface area contributed by atoms with Gasteiger partial charge < -0.3 is 10.4 Å². The lowest BCUT2D eigenvalue weighted by Crippen LogP contribution is -2.45. The van der Waals surface area contributed by atoms with Crippen LogP contribution in [0.15, 0.2) is 24.5 Å². The molecule has 1 saturated carbocycles. The van der Waals surface area contributed by atoms with Crippen molar-refractivity contribution in [3.63, 3.8) is 0 Å². The van der Waals surface area contributed by atoms with Crippen LogP contribution >= 0.6 is 0 Å². The second-order valence-corrected chi connectivity index (χ2v) is 4.71. The van der Waals surface area contributed by atoms with Crippen LogP contribution in [0, 0.1) is 0 Å². The van der Waals surface area contributed by atoms with Crippen molar-refractivity contribution in [1.82, 2.24) is 10.3 Å². The van der Waals surface area contributed by atoms with E-state index in [1.807, 2.05) is 19.1 Å². The predicted octanol–water partition coefficient (Wildman–Crippen LogP) is 1.56. The zero-order chi connectivity index (χ0) is 12.3. The third kappa shape index (κ3) is 2.64. The highest BCUT2D eigenvalue weighted by Gasteiger charge is 2.39. The van der Waals surface area contributed by atoms with Gasteiger partial charge in [-0.25, -0.2) is 0 Å². The molecule has 2 rings (SSSR count). The SMILES string of the molecule is CC(NC(=O)C1(O)CCCC1)c1ccncc1. The molecule has 4 heteroatoms. The summed E-state index contributed by atoms with van der Waals surface area (Å²) in [6.45, 7) is 1.91. The number of amides is 1. The Bertz CT molecular complexity index is 386. The molecule has 0 bridgehead atoms. The zero-order valence-corrected chi connectivity index (χ0v) is 10.0. The summed E-state index contributed by atoms with van der Waals surface area (Å²) >= 11 is 0. The van der Waals surface area contributed by atoms with E-state index < -0.39 is 5.60 Å². The summed E-state index contributed by atoms with van der Waals surface area (Å²) in [5.74, 6) is -0.251. The molecule has 17 heavy (non-hydrogen) atoms. The molecule has 0 saturated heterocycles. The van der Waals surface area contributed by atoms with Gasteiger partial charge in [0.15, 0.2) is 0 Å². The number of nitrogens with one attached hydrogen (secondary N) is 1. The molecular formula is C13H18N2O2. The Morgan fingerprint density at radius 3 is 2.59 bits per heavy atom. The Kier molecular flexibility index (Phi) is 3.43. The summed E-state index contributed by atoms with van der Waals surface area (Å²) in [6, 6.07) is 3.63. The molecule has 1 aliphatic rings. The second-order valence-electron chi connectivity index (χ2n) is 4.71. The molecule has 0 aliphatic heterocycles. The van der Waals surface area contributed by atoms with Gasteiger partial charge in [0.1, 0.15) is 5.60 Å². The van der Waals surface area contributed by atoms with Gasteiger partial charge in [0.25, 0.3) is 5.91 Å². The van der Waals surface area contributed by atoms with Crippen LogP contribution in [0.25, 0.3) is 0 Å². The smallest absolute Gasteiger partial charge is 0.252 e. The number of aromatic nitrogens is 1. The molecule has 1 fully saturated rings. The van der Waals surface area contributed by atoms with Crippen LogP contribution in [-0.4, -0.2) is 21.6 Å². The maximum Gasteiger partial charge on any atom is 0.252 e. The third-order valence-electron chi connectivity index (χ3n) is 3.41. The Labute approximate surface area is 101 Å². The minimum absolute atomic E-state index is 0.102. The lowest BCUT2D eigenvalue weighted by atomic mass is 10.0. The first-order chi connectivity index (χ1) is 8.12. The number of rotatable bonds is 3. The second kappa shape index (κ2) is 4.84. The van der Waals surface area contributed by atoms with Gasteiger partial charge in [-0.15, -0.1) is 0 Å². The number of pyridine rings is 1.